The number of unbranched alkanes of at least 4 members (excludes halogenated alkanes) is 18. The van der Waals surface area contributed by atoms with Crippen LogP contribution < -0.4 is 0 Å². The van der Waals surface area contributed by atoms with Crippen molar-refractivity contribution in [1.29, 1.82) is 0 Å². The maximum absolute atomic E-state index is 13.0. The minimum Gasteiger partial charge on any atom is -0.465 e. The summed E-state index contributed by atoms with van der Waals surface area (Å²) in [6.45, 7) is 11.5. The molecule has 1 saturated heterocycles. The summed E-state index contributed by atoms with van der Waals surface area (Å²) < 4.78 is 28.1. The summed E-state index contributed by atoms with van der Waals surface area (Å²) in [4.78, 5) is 66.7. The van der Waals surface area contributed by atoms with Gasteiger partial charge in [0.15, 0.2) is 6.10 Å². The summed E-state index contributed by atoms with van der Waals surface area (Å²) in [7, 11) is 0. The van der Waals surface area contributed by atoms with Crippen LogP contribution in [-0.2, 0) is 47.7 Å². The number of hydrogen-bond donors (Lipinski definition) is 0. The van der Waals surface area contributed by atoms with Gasteiger partial charge in [0.25, 0.3) is 0 Å². The van der Waals surface area contributed by atoms with Crippen LogP contribution in [0, 0.1) is 11.8 Å². The minimum absolute atomic E-state index is 0.0637. The highest BCUT2D eigenvalue weighted by Gasteiger charge is 2.23. The molecule has 1 heterocycles. The van der Waals surface area contributed by atoms with Crippen molar-refractivity contribution >= 4 is 29.8 Å². The van der Waals surface area contributed by atoms with Crippen molar-refractivity contribution in [3.8, 4) is 0 Å². The van der Waals surface area contributed by atoms with Gasteiger partial charge in [0.2, 0.25) is 0 Å². The van der Waals surface area contributed by atoms with Gasteiger partial charge >= 0.3 is 29.8 Å². The van der Waals surface area contributed by atoms with Crippen LogP contribution in [0.4, 0.5) is 0 Å². The summed E-state index contributed by atoms with van der Waals surface area (Å²) in [5.41, 5.74) is 0. The molecule has 0 bridgehead atoms. The molecular weight excluding hydrogens is 811 g/mol. The molecule has 3 atom stereocenters. The second-order valence-corrected chi connectivity index (χ2v) is 18.6. The Morgan fingerprint density at radius 2 is 0.781 bits per heavy atom. The Balaban J connectivity index is 2.58. The van der Waals surface area contributed by atoms with Gasteiger partial charge in [-0.3, -0.25) is 24.0 Å². The monoisotopic (exact) mass is 908 g/mol. The topological polar surface area (TPSA) is 135 Å². The lowest BCUT2D eigenvalue weighted by Crippen LogP contribution is -2.33. The van der Waals surface area contributed by atoms with Crippen molar-refractivity contribution in [2.45, 2.75) is 252 Å². The van der Waals surface area contributed by atoms with Crippen LogP contribution in [0.2, 0.25) is 0 Å². The zero-order chi connectivity index (χ0) is 46.7. The van der Waals surface area contributed by atoms with E-state index in [4.69, 9.17) is 23.7 Å². The third-order valence-corrected chi connectivity index (χ3v) is 12.6. The molecule has 64 heavy (non-hydrogen) atoms. The molecule has 1 rings (SSSR count). The lowest BCUT2D eigenvalue weighted by atomic mass is 9.94. The van der Waals surface area contributed by atoms with Gasteiger partial charge in [-0.05, 0) is 77.3 Å². The summed E-state index contributed by atoms with van der Waals surface area (Å²) in [6.07, 6.45) is 31.8. The number of likely N-dealkylation sites (tertiary alicyclic amines) is 1. The summed E-state index contributed by atoms with van der Waals surface area (Å²) >= 11 is 0. The number of esters is 5. The van der Waals surface area contributed by atoms with Crippen LogP contribution in [0.15, 0.2) is 0 Å². The molecule has 1 aliphatic heterocycles. The van der Waals surface area contributed by atoms with E-state index >= 15 is 0 Å². The van der Waals surface area contributed by atoms with E-state index < -0.39 is 18.0 Å². The first-order chi connectivity index (χ1) is 31.2. The summed E-state index contributed by atoms with van der Waals surface area (Å²) in [5, 5.41) is 0. The van der Waals surface area contributed by atoms with Crippen molar-refractivity contribution in [2.75, 3.05) is 46.1 Å². The van der Waals surface area contributed by atoms with Gasteiger partial charge in [-0.1, -0.05) is 163 Å². The van der Waals surface area contributed by atoms with Crippen LogP contribution in [0.3, 0.4) is 0 Å². The van der Waals surface area contributed by atoms with E-state index in [0.29, 0.717) is 32.2 Å². The van der Waals surface area contributed by atoms with E-state index in [2.05, 4.69) is 32.6 Å². The van der Waals surface area contributed by atoms with Crippen molar-refractivity contribution in [3.63, 3.8) is 0 Å². The van der Waals surface area contributed by atoms with Crippen LogP contribution in [0.1, 0.15) is 246 Å². The molecular formula is C53H97NO10. The molecule has 0 aromatic heterocycles. The zero-order valence-corrected chi connectivity index (χ0v) is 41.8. The van der Waals surface area contributed by atoms with Crippen LogP contribution in [0.25, 0.3) is 0 Å². The Hall–Kier alpha value is -2.69. The molecule has 2 unspecified atom stereocenters. The molecule has 0 spiro atoms. The van der Waals surface area contributed by atoms with Gasteiger partial charge in [-0.25, -0.2) is 0 Å². The molecule has 11 heteroatoms. The highest BCUT2D eigenvalue weighted by molar-refractivity contribution is 5.73. The fourth-order valence-electron chi connectivity index (χ4n) is 8.37. The standard InChI is InChI=1S/C53H97NO10/c1-5-9-13-17-19-24-34-46(32-22-15-11-7-3)52(58)60-42-30-26-36-49(55)62-44-48(45-63-50(56)38-41-54-39-28-21-29-40-54)64-51(57)37-27-31-43-61-53(59)47(33-23-16-12-8-4)35-25-20-18-14-10-6-2/h46-48H,5-45H2,1-4H3/t46?,47?,48-/m1/s1. The minimum atomic E-state index is -0.939. The maximum atomic E-state index is 13.0. The highest BCUT2D eigenvalue weighted by Crippen LogP contribution is 2.22. The van der Waals surface area contributed by atoms with Crippen LogP contribution in [-0.4, -0.2) is 86.9 Å². The number of nitrogens with zero attached hydrogens (tertiary/aromatic N) is 1. The van der Waals surface area contributed by atoms with Gasteiger partial charge in [0.05, 0.1) is 31.5 Å². The Bertz CT molecular complexity index is 1160. The number of piperidine rings is 1. The molecule has 0 aromatic carbocycles. The zero-order valence-electron chi connectivity index (χ0n) is 41.8. The SMILES string of the molecule is CCCCCCCCC(CCCCCC)C(=O)OCCCCC(=O)OC[C@H](COC(=O)CCN1CCCCC1)OC(=O)CCCCOC(=O)C(CCCCCC)CCCCCCCC. The summed E-state index contributed by atoms with van der Waals surface area (Å²) in [5.74, 6) is -1.71. The molecule has 11 nitrogen and oxygen atoms in total. The first-order valence-electron chi connectivity index (χ1n) is 26.8. The molecule has 374 valence electrons. The molecule has 1 fully saturated rings. The lowest BCUT2D eigenvalue weighted by Gasteiger charge is -2.26. The Labute approximate surface area is 391 Å². The average Bonchev–Trinajstić information content (AvgIpc) is 3.30. The largest absolute Gasteiger partial charge is 0.465 e. The number of rotatable bonds is 44. The third kappa shape index (κ3) is 34.6. The van der Waals surface area contributed by atoms with Gasteiger partial charge in [-0.15, -0.1) is 0 Å². The normalized spacial score (nSPS) is 14.4. The van der Waals surface area contributed by atoms with E-state index in [9.17, 15) is 24.0 Å². The van der Waals surface area contributed by atoms with Crippen molar-refractivity contribution in [3.05, 3.63) is 0 Å². The number of carbonyl (C=O) groups is 5. The second kappa shape index (κ2) is 42.9. The van der Waals surface area contributed by atoms with E-state index in [1.165, 1.54) is 70.6 Å². The van der Waals surface area contributed by atoms with Gasteiger partial charge in [-0.2, -0.15) is 0 Å². The van der Waals surface area contributed by atoms with Gasteiger partial charge in [0, 0.05) is 19.4 Å². The average molecular weight is 908 g/mol. The smallest absolute Gasteiger partial charge is 0.308 e. The number of hydrogen-bond acceptors (Lipinski definition) is 11. The molecule has 1 aliphatic rings. The van der Waals surface area contributed by atoms with Crippen molar-refractivity contribution < 1.29 is 47.7 Å². The van der Waals surface area contributed by atoms with E-state index in [1.54, 1.807) is 0 Å². The fourth-order valence-corrected chi connectivity index (χ4v) is 8.37. The van der Waals surface area contributed by atoms with E-state index in [-0.39, 0.29) is 75.4 Å². The molecule has 0 radical (unpaired) electrons. The predicted octanol–water partition coefficient (Wildman–Crippen LogP) is 13.0. The van der Waals surface area contributed by atoms with E-state index in [1.807, 2.05) is 0 Å². The van der Waals surface area contributed by atoms with Crippen molar-refractivity contribution in [2.24, 2.45) is 11.8 Å². The van der Waals surface area contributed by atoms with Crippen molar-refractivity contribution in [1.82, 2.24) is 4.90 Å². The second-order valence-electron chi connectivity index (χ2n) is 18.6. The first-order valence-corrected chi connectivity index (χ1v) is 26.8. The molecule has 0 N–H and O–H groups in total. The molecule has 0 aromatic rings. The lowest BCUT2D eigenvalue weighted by molar-refractivity contribution is -0.167. The van der Waals surface area contributed by atoms with Gasteiger partial charge in [0.1, 0.15) is 13.2 Å². The Kier molecular flexibility index (Phi) is 39.8. The molecule has 0 aliphatic carbocycles. The maximum Gasteiger partial charge on any atom is 0.308 e. The number of carbonyl (C=O) groups excluding carboxylic acids is 5. The Morgan fingerprint density at radius 3 is 1.22 bits per heavy atom. The molecule has 0 amide bonds. The van der Waals surface area contributed by atoms with Crippen LogP contribution >= 0.6 is 0 Å². The first kappa shape index (κ1) is 59.3. The fraction of sp³-hybridized carbons (Fsp3) is 0.906. The summed E-state index contributed by atoms with van der Waals surface area (Å²) in [6, 6.07) is 0. The molecule has 0 saturated carbocycles. The highest BCUT2D eigenvalue weighted by atomic mass is 16.6. The van der Waals surface area contributed by atoms with Gasteiger partial charge < -0.3 is 28.6 Å². The predicted molar refractivity (Wildman–Crippen MR) is 257 cm³/mol. The van der Waals surface area contributed by atoms with Crippen LogP contribution in [0.5, 0.6) is 0 Å². The van der Waals surface area contributed by atoms with E-state index in [0.717, 1.165) is 116 Å². The number of ether oxygens (including phenoxy) is 5. The quantitative estimate of drug-likeness (QED) is 0.0328. The Morgan fingerprint density at radius 1 is 0.406 bits per heavy atom. The third-order valence-electron chi connectivity index (χ3n) is 12.6.